The number of rotatable bonds is 6. The predicted octanol–water partition coefficient (Wildman–Crippen LogP) is 15.1. The summed E-state index contributed by atoms with van der Waals surface area (Å²) >= 11 is 1.87. The van der Waals surface area contributed by atoms with Crippen molar-refractivity contribution in [1.29, 1.82) is 0 Å². The van der Waals surface area contributed by atoms with Gasteiger partial charge >= 0.3 is 0 Å². The first-order valence-electron chi connectivity index (χ1n) is 18.8. The molecule has 2 aromatic heterocycles. The van der Waals surface area contributed by atoms with E-state index in [9.17, 15) is 0 Å². The smallest absolute Gasteiger partial charge is 0.0640 e. The van der Waals surface area contributed by atoms with Gasteiger partial charge in [-0.3, -0.25) is 0 Å². The molecule has 2 nitrogen and oxygen atoms in total. The molecule has 0 fully saturated rings. The highest BCUT2D eigenvalue weighted by Gasteiger charge is 2.19. The summed E-state index contributed by atoms with van der Waals surface area (Å²) in [6.07, 6.45) is 0. The second kappa shape index (κ2) is 12.9. The number of anilines is 3. The van der Waals surface area contributed by atoms with Crippen molar-refractivity contribution in [3.63, 3.8) is 0 Å². The topological polar surface area (TPSA) is 8.17 Å². The lowest BCUT2D eigenvalue weighted by atomic mass is 9.98. The van der Waals surface area contributed by atoms with E-state index in [1.165, 1.54) is 86.4 Å². The first kappa shape index (κ1) is 31.6. The molecule has 0 atom stereocenters. The van der Waals surface area contributed by atoms with Crippen molar-refractivity contribution in [2.45, 2.75) is 0 Å². The molecule has 55 heavy (non-hydrogen) atoms. The Balaban J connectivity index is 0.982. The molecule has 0 aliphatic rings. The van der Waals surface area contributed by atoms with E-state index in [0.717, 1.165) is 11.4 Å². The Bertz CT molecular complexity index is 3150. The van der Waals surface area contributed by atoms with Crippen LogP contribution in [0.3, 0.4) is 0 Å². The van der Waals surface area contributed by atoms with Gasteiger partial charge in [-0.05, 0) is 82.1 Å². The molecule has 0 N–H and O–H groups in total. The maximum absolute atomic E-state index is 2.42. The summed E-state index contributed by atoms with van der Waals surface area (Å²) in [5, 5.41) is 7.60. The minimum Gasteiger partial charge on any atom is -0.309 e. The quantitative estimate of drug-likeness (QED) is 0.166. The van der Waals surface area contributed by atoms with Gasteiger partial charge in [0.2, 0.25) is 0 Å². The van der Waals surface area contributed by atoms with Crippen LogP contribution in [0.1, 0.15) is 0 Å². The van der Waals surface area contributed by atoms with Crippen LogP contribution < -0.4 is 4.90 Å². The lowest BCUT2D eigenvalue weighted by Gasteiger charge is -2.26. The third-order valence-electron chi connectivity index (χ3n) is 11.0. The van der Waals surface area contributed by atoms with Crippen molar-refractivity contribution in [1.82, 2.24) is 4.57 Å². The third-order valence-corrected chi connectivity index (χ3v) is 12.2. The van der Waals surface area contributed by atoms with E-state index in [-0.39, 0.29) is 0 Å². The van der Waals surface area contributed by atoms with Gasteiger partial charge in [-0.2, -0.15) is 0 Å². The summed E-state index contributed by atoms with van der Waals surface area (Å²) in [7, 11) is 0. The predicted molar refractivity (Wildman–Crippen MR) is 237 cm³/mol. The van der Waals surface area contributed by atoms with Crippen LogP contribution in [0, 0.1) is 0 Å². The lowest BCUT2D eigenvalue weighted by molar-refractivity contribution is 1.18. The van der Waals surface area contributed by atoms with E-state index in [2.05, 4.69) is 216 Å². The summed E-state index contributed by atoms with van der Waals surface area (Å²) in [6.45, 7) is 0. The van der Waals surface area contributed by atoms with Gasteiger partial charge in [0.25, 0.3) is 0 Å². The largest absolute Gasteiger partial charge is 0.309 e. The van der Waals surface area contributed by atoms with Gasteiger partial charge in [-0.15, -0.1) is 11.3 Å². The van der Waals surface area contributed by atoms with Gasteiger partial charge in [0.1, 0.15) is 0 Å². The van der Waals surface area contributed by atoms with E-state index < -0.39 is 0 Å². The van der Waals surface area contributed by atoms with E-state index >= 15 is 0 Å². The van der Waals surface area contributed by atoms with Gasteiger partial charge in [-0.25, -0.2) is 0 Å². The van der Waals surface area contributed by atoms with Gasteiger partial charge in [0.05, 0.1) is 27.1 Å². The van der Waals surface area contributed by atoms with Crippen LogP contribution in [0.2, 0.25) is 0 Å². The van der Waals surface area contributed by atoms with Crippen molar-refractivity contribution in [2.75, 3.05) is 4.90 Å². The molecule has 0 saturated heterocycles. The number of hydrogen-bond acceptors (Lipinski definition) is 2. The maximum atomic E-state index is 2.42. The molecule has 11 aromatic rings. The fourth-order valence-electron chi connectivity index (χ4n) is 8.39. The van der Waals surface area contributed by atoms with Crippen molar-refractivity contribution in [3.8, 4) is 27.9 Å². The zero-order valence-corrected chi connectivity index (χ0v) is 30.7. The average molecular weight is 719 g/mol. The Kier molecular flexibility index (Phi) is 7.39. The summed E-state index contributed by atoms with van der Waals surface area (Å²) < 4.78 is 5.00. The number of hydrogen-bond donors (Lipinski definition) is 0. The molecule has 258 valence electrons. The third kappa shape index (κ3) is 5.24. The molecular weight excluding hydrogens is 685 g/mol. The van der Waals surface area contributed by atoms with Crippen molar-refractivity contribution >= 4 is 81.1 Å². The monoisotopic (exact) mass is 718 g/mol. The standard InChI is InChI=1S/C52H34N2S/c1-2-13-39-34-41(33-30-35(39)12-1)53(50-22-11-18-46-45-17-6-10-23-51(45)55-52(46)50)40-31-28-37(29-32-40)36-24-26-38(27-25-36)42-14-3-7-19-47(42)54-48-20-8-4-15-43(48)44-16-5-9-21-49(44)54/h1-34H. The maximum Gasteiger partial charge on any atom is 0.0640 e. The minimum absolute atomic E-state index is 1.13. The van der Waals surface area contributed by atoms with E-state index in [1.807, 2.05) is 11.3 Å². The molecule has 0 unspecified atom stereocenters. The SMILES string of the molecule is c1ccc(-n2c3ccccc3c3ccccc32)c(-c2ccc(-c3ccc(N(c4ccc5ccccc5c4)c4cccc5c4sc4ccccc45)cc3)cc2)c1. The number of nitrogens with zero attached hydrogens (tertiary/aromatic N) is 2. The van der Waals surface area contributed by atoms with Gasteiger partial charge in [0, 0.05) is 43.2 Å². The Hall–Kier alpha value is -6.94. The number of benzene rings is 9. The molecule has 0 bridgehead atoms. The highest BCUT2D eigenvalue weighted by molar-refractivity contribution is 7.26. The Labute approximate surface area is 323 Å². The Morgan fingerprint density at radius 1 is 0.382 bits per heavy atom. The Morgan fingerprint density at radius 2 is 0.945 bits per heavy atom. The molecule has 0 radical (unpaired) electrons. The van der Waals surface area contributed by atoms with Crippen LogP contribution >= 0.6 is 11.3 Å². The van der Waals surface area contributed by atoms with Crippen LogP contribution in [0.15, 0.2) is 206 Å². The van der Waals surface area contributed by atoms with Crippen LogP contribution in [0.25, 0.3) is 80.7 Å². The lowest BCUT2D eigenvalue weighted by Crippen LogP contribution is -2.10. The molecule has 0 aliphatic heterocycles. The number of thiophene rings is 1. The summed E-state index contributed by atoms with van der Waals surface area (Å²) in [5.74, 6) is 0. The van der Waals surface area contributed by atoms with Gasteiger partial charge in [-0.1, -0.05) is 152 Å². The molecule has 0 spiro atoms. The second-order valence-corrected chi connectivity index (χ2v) is 15.2. The highest BCUT2D eigenvalue weighted by Crippen LogP contribution is 2.45. The summed E-state index contributed by atoms with van der Waals surface area (Å²) in [5.41, 5.74) is 11.8. The normalized spacial score (nSPS) is 11.6. The van der Waals surface area contributed by atoms with Crippen molar-refractivity contribution in [3.05, 3.63) is 206 Å². The van der Waals surface area contributed by atoms with Gasteiger partial charge in [0.15, 0.2) is 0 Å². The van der Waals surface area contributed by atoms with E-state index in [1.54, 1.807) is 0 Å². The first-order valence-corrected chi connectivity index (χ1v) is 19.6. The molecule has 2 heterocycles. The van der Waals surface area contributed by atoms with Crippen LogP contribution in [0.4, 0.5) is 17.1 Å². The number of aromatic nitrogens is 1. The average Bonchev–Trinajstić information content (AvgIpc) is 3.81. The fourth-order valence-corrected chi connectivity index (χ4v) is 9.60. The highest BCUT2D eigenvalue weighted by atomic mass is 32.1. The Morgan fingerprint density at radius 3 is 1.71 bits per heavy atom. The first-order chi connectivity index (χ1) is 27.3. The molecule has 3 heteroatoms. The molecule has 11 rings (SSSR count). The molecule has 0 aliphatic carbocycles. The van der Waals surface area contributed by atoms with Crippen molar-refractivity contribution < 1.29 is 0 Å². The fraction of sp³-hybridized carbons (Fsp3) is 0. The van der Waals surface area contributed by atoms with Crippen molar-refractivity contribution in [2.24, 2.45) is 0 Å². The summed E-state index contributed by atoms with van der Waals surface area (Å²) in [6, 6.07) is 75.1. The van der Waals surface area contributed by atoms with Crippen LogP contribution in [-0.2, 0) is 0 Å². The zero-order valence-electron chi connectivity index (χ0n) is 29.9. The van der Waals surface area contributed by atoms with Gasteiger partial charge < -0.3 is 9.47 Å². The van der Waals surface area contributed by atoms with Crippen LogP contribution in [-0.4, -0.2) is 4.57 Å². The molecular formula is C52H34N2S. The minimum atomic E-state index is 1.13. The van der Waals surface area contributed by atoms with E-state index in [0.29, 0.717) is 0 Å². The number of para-hydroxylation sites is 3. The molecule has 9 aromatic carbocycles. The molecule has 0 amide bonds. The zero-order chi connectivity index (χ0) is 36.3. The number of fused-ring (bicyclic) bond motifs is 7. The molecule has 0 saturated carbocycles. The second-order valence-electron chi connectivity index (χ2n) is 14.1. The summed E-state index contributed by atoms with van der Waals surface area (Å²) in [4.78, 5) is 2.42. The van der Waals surface area contributed by atoms with Crippen LogP contribution in [0.5, 0.6) is 0 Å². The van der Waals surface area contributed by atoms with E-state index in [4.69, 9.17) is 0 Å².